The number of halogens is 1. The monoisotopic (exact) mass is 593 g/mol. The molecule has 43 heavy (non-hydrogen) atoms. The van der Waals surface area contributed by atoms with Gasteiger partial charge in [-0.25, -0.2) is 4.39 Å². The lowest BCUT2D eigenvalue weighted by Gasteiger charge is -2.37. The van der Waals surface area contributed by atoms with Crippen LogP contribution in [0.25, 0.3) is 0 Å². The van der Waals surface area contributed by atoms with E-state index in [2.05, 4.69) is 30.1 Å². The molecule has 1 saturated heterocycles. The molecule has 0 unspecified atom stereocenters. The third-order valence-corrected chi connectivity index (χ3v) is 8.21. The summed E-state index contributed by atoms with van der Waals surface area (Å²) in [7, 11) is 3.49. The van der Waals surface area contributed by atoms with Crippen molar-refractivity contribution in [2.75, 3.05) is 33.9 Å². The van der Waals surface area contributed by atoms with E-state index < -0.39 is 5.67 Å². The number of nitriles is 1. The smallest absolute Gasteiger partial charge is 0.254 e. The first-order valence-electron chi connectivity index (χ1n) is 16.3. The third-order valence-electron chi connectivity index (χ3n) is 8.21. The SMILES string of the molecule is CC.CC.CCCc1cc(C(=O)N2CCC(F)(c3ccc(C#N)cc3)CC2)c(C)cc1C1CCC1.CN=C(C)CCOC. The van der Waals surface area contributed by atoms with Gasteiger partial charge in [0.2, 0.25) is 0 Å². The summed E-state index contributed by atoms with van der Waals surface area (Å²) in [6, 6.07) is 13.2. The Morgan fingerprint density at radius 1 is 1.12 bits per heavy atom. The van der Waals surface area contributed by atoms with Gasteiger partial charge in [-0.2, -0.15) is 5.26 Å². The molecule has 5 nitrogen and oxygen atoms in total. The highest BCUT2D eigenvalue weighted by atomic mass is 19.1. The minimum atomic E-state index is -1.44. The average Bonchev–Trinajstić information content (AvgIpc) is 3.02. The number of methoxy groups -OCH3 is 1. The minimum Gasteiger partial charge on any atom is -0.384 e. The first-order chi connectivity index (χ1) is 20.8. The van der Waals surface area contributed by atoms with Crippen molar-refractivity contribution in [2.45, 2.75) is 111 Å². The summed E-state index contributed by atoms with van der Waals surface area (Å²) >= 11 is 0. The molecular formula is C37H56FN3O2. The maximum Gasteiger partial charge on any atom is 0.254 e. The van der Waals surface area contributed by atoms with Crippen LogP contribution in [0.1, 0.15) is 131 Å². The first kappa shape index (κ1) is 38.0. The van der Waals surface area contributed by atoms with E-state index in [0.29, 0.717) is 30.1 Å². The molecule has 4 rings (SSSR count). The first-order valence-corrected chi connectivity index (χ1v) is 16.3. The number of nitrogens with zero attached hydrogens (tertiary/aromatic N) is 3. The van der Waals surface area contributed by atoms with Crippen molar-refractivity contribution >= 4 is 11.6 Å². The Labute approximate surface area is 261 Å². The highest BCUT2D eigenvalue weighted by Crippen LogP contribution is 2.40. The molecule has 2 aliphatic rings. The van der Waals surface area contributed by atoms with Gasteiger partial charge in [0.1, 0.15) is 5.67 Å². The molecule has 2 aromatic carbocycles. The predicted octanol–water partition coefficient (Wildman–Crippen LogP) is 9.35. The molecule has 0 atom stereocenters. The second kappa shape index (κ2) is 20.0. The van der Waals surface area contributed by atoms with Gasteiger partial charge < -0.3 is 9.64 Å². The zero-order chi connectivity index (χ0) is 32.4. The number of piperidine rings is 1. The highest BCUT2D eigenvalue weighted by Gasteiger charge is 2.38. The lowest BCUT2D eigenvalue weighted by molar-refractivity contribution is 0.0421. The Morgan fingerprint density at radius 3 is 2.19 bits per heavy atom. The molecule has 1 aliphatic carbocycles. The second-order valence-corrected chi connectivity index (χ2v) is 10.9. The van der Waals surface area contributed by atoms with Gasteiger partial charge in [0.15, 0.2) is 0 Å². The van der Waals surface area contributed by atoms with Gasteiger partial charge in [-0.05, 0) is 79.5 Å². The Morgan fingerprint density at radius 2 is 1.72 bits per heavy atom. The molecular weight excluding hydrogens is 537 g/mol. The highest BCUT2D eigenvalue weighted by molar-refractivity contribution is 5.96. The van der Waals surface area contributed by atoms with Crippen LogP contribution in [-0.4, -0.2) is 50.4 Å². The number of hydrogen-bond donors (Lipinski definition) is 0. The molecule has 1 saturated carbocycles. The van der Waals surface area contributed by atoms with E-state index >= 15 is 4.39 Å². The standard InChI is InChI=1S/C27H31FN2O.C6H13NO.2C2H6/c1-3-5-22-17-24(19(2)16-25(22)21-6-4-7-21)26(31)30-14-12-27(28,13-15-30)23-10-8-20(18-29)9-11-23;1-6(7-2)4-5-8-3;2*1-2/h8-11,16-17,21H,3-7,12-15H2,1-2H3;4-5H2,1-3H3;2*1-2H3. The number of rotatable bonds is 8. The summed E-state index contributed by atoms with van der Waals surface area (Å²) < 4.78 is 20.4. The molecule has 0 radical (unpaired) electrons. The van der Waals surface area contributed by atoms with Crippen molar-refractivity contribution in [1.29, 1.82) is 5.26 Å². The van der Waals surface area contributed by atoms with Crippen LogP contribution in [0.4, 0.5) is 4.39 Å². The van der Waals surface area contributed by atoms with Crippen molar-refractivity contribution in [3.63, 3.8) is 0 Å². The Bertz CT molecular complexity index is 1170. The topological polar surface area (TPSA) is 65.7 Å². The van der Waals surface area contributed by atoms with Crippen molar-refractivity contribution < 1.29 is 13.9 Å². The predicted molar refractivity (Wildman–Crippen MR) is 179 cm³/mol. The average molecular weight is 594 g/mol. The van der Waals surface area contributed by atoms with Crippen LogP contribution in [0.15, 0.2) is 41.4 Å². The molecule has 238 valence electrons. The van der Waals surface area contributed by atoms with E-state index in [1.807, 2.05) is 46.4 Å². The zero-order valence-electron chi connectivity index (χ0n) is 28.4. The van der Waals surface area contributed by atoms with Gasteiger partial charge in [0, 0.05) is 57.8 Å². The number of ether oxygens (including phenoxy) is 1. The van der Waals surface area contributed by atoms with E-state index in [-0.39, 0.29) is 18.7 Å². The maximum atomic E-state index is 15.6. The van der Waals surface area contributed by atoms with E-state index in [1.165, 1.54) is 30.4 Å². The fourth-order valence-corrected chi connectivity index (χ4v) is 5.32. The Kier molecular flexibility index (Phi) is 17.7. The number of hydrogen-bond acceptors (Lipinski definition) is 4. The van der Waals surface area contributed by atoms with Crippen molar-refractivity contribution in [3.8, 4) is 6.07 Å². The fraction of sp³-hybridized carbons (Fsp3) is 0.595. The van der Waals surface area contributed by atoms with Crippen molar-refractivity contribution in [2.24, 2.45) is 4.99 Å². The lowest BCUT2D eigenvalue weighted by Crippen LogP contribution is -2.43. The van der Waals surface area contributed by atoms with Gasteiger partial charge in [-0.1, -0.05) is 65.7 Å². The number of likely N-dealkylation sites (tertiary alicyclic amines) is 1. The fourth-order valence-electron chi connectivity index (χ4n) is 5.32. The van der Waals surface area contributed by atoms with Gasteiger partial charge in [-0.15, -0.1) is 0 Å². The number of alkyl halides is 1. The summed E-state index contributed by atoms with van der Waals surface area (Å²) in [5.41, 5.74) is 5.40. The Hall–Kier alpha value is -3.04. The summed E-state index contributed by atoms with van der Waals surface area (Å²) in [4.78, 5) is 19.1. The number of carbonyl (C=O) groups is 1. The second-order valence-electron chi connectivity index (χ2n) is 10.9. The number of benzene rings is 2. The van der Waals surface area contributed by atoms with Crippen LogP contribution in [0.5, 0.6) is 0 Å². The number of amides is 1. The summed E-state index contributed by atoms with van der Waals surface area (Å²) in [5.74, 6) is 0.677. The molecule has 0 aromatic heterocycles. The van der Waals surface area contributed by atoms with Gasteiger partial charge >= 0.3 is 0 Å². The Balaban J connectivity index is 0.000000663. The van der Waals surface area contributed by atoms with Crippen LogP contribution in [0, 0.1) is 18.3 Å². The molecule has 0 spiro atoms. The number of aryl methyl sites for hydroxylation is 2. The molecule has 2 fully saturated rings. The molecule has 1 amide bonds. The van der Waals surface area contributed by atoms with Crippen LogP contribution < -0.4 is 0 Å². The lowest BCUT2D eigenvalue weighted by atomic mass is 9.76. The zero-order valence-corrected chi connectivity index (χ0v) is 28.4. The molecule has 0 N–H and O–H groups in total. The van der Waals surface area contributed by atoms with Crippen molar-refractivity contribution in [1.82, 2.24) is 4.90 Å². The van der Waals surface area contributed by atoms with Crippen LogP contribution in [0.2, 0.25) is 0 Å². The normalized spacial score (nSPS) is 15.7. The largest absolute Gasteiger partial charge is 0.384 e. The van der Waals surface area contributed by atoms with E-state index in [1.54, 1.807) is 38.4 Å². The third kappa shape index (κ3) is 10.9. The molecule has 1 aliphatic heterocycles. The molecule has 2 aromatic rings. The molecule has 6 heteroatoms. The number of aliphatic imine (C=N–C) groups is 1. The van der Waals surface area contributed by atoms with Gasteiger partial charge in [-0.3, -0.25) is 9.79 Å². The van der Waals surface area contributed by atoms with Gasteiger partial charge in [0.25, 0.3) is 5.91 Å². The summed E-state index contributed by atoms with van der Waals surface area (Å²) in [6.07, 6.45) is 7.39. The summed E-state index contributed by atoms with van der Waals surface area (Å²) in [5, 5.41) is 8.96. The van der Waals surface area contributed by atoms with E-state index in [9.17, 15) is 4.79 Å². The minimum absolute atomic E-state index is 0.0249. The van der Waals surface area contributed by atoms with Crippen LogP contribution in [0.3, 0.4) is 0 Å². The van der Waals surface area contributed by atoms with Crippen molar-refractivity contribution in [3.05, 3.63) is 69.8 Å². The maximum absolute atomic E-state index is 15.6. The van der Waals surface area contributed by atoms with Gasteiger partial charge in [0.05, 0.1) is 18.2 Å². The quantitative estimate of drug-likeness (QED) is 0.286. The van der Waals surface area contributed by atoms with E-state index in [4.69, 9.17) is 10.00 Å². The van der Waals surface area contributed by atoms with Crippen LogP contribution in [-0.2, 0) is 16.8 Å². The molecule has 1 heterocycles. The molecule has 0 bridgehead atoms. The number of carbonyl (C=O) groups excluding carboxylic acids is 1. The summed E-state index contributed by atoms with van der Waals surface area (Å²) in [6.45, 7) is 15.8. The van der Waals surface area contributed by atoms with E-state index in [0.717, 1.165) is 42.7 Å². The van der Waals surface area contributed by atoms with Crippen LogP contribution >= 0.6 is 0 Å².